The number of nitrogens with zero attached hydrogens (tertiary/aromatic N) is 5. The van der Waals surface area contributed by atoms with Crippen LogP contribution in [0.15, 0.2) is 37.2 Å². The minimum atomic E-state index is 0.436. The van der Waals surface area contributed by atoms with Crippen molar-refractivity contribution < 1.29 is 4.74 Å². The Morgan fingerprint density at radius 2 is 2.04 bits per heavy atom. The molecule has 0 radical (unpaired) electrons. The van der Waals surface area contributed by atoms with E-state index in [1.165, 1.54) is 12.8 Å². The molecule has 2 fully saturated rings. The first-order valence-corrected chi connectivity index (χ1v) is 9.76. The molecule has 0 atom stereocenters. The summed E-state index contributed by atoms with van der Waals surface area (Å²) in [5.41, 5.74) is 3.33. The van der Waals surface area contributed by atoms with Gasteiger partial charge in [0.25, 0.3) is 0 Å². The molecule has 1 saturated heterocycles. The van der Waals surface area contributed by atoms with Gasteiger partial charge in [0.1, 0.15) is 5.65 Å². The quantitative estimate of drug-likeness (QED) is 0.572. The van der Waals surface area contributed by atoms with Gasteiger partial charge in [0, 0.05) is 65.2 Å². The van der Waals surface area contributed by atoms with Crippen LogP contribution in [0.4, 0.5) is 5.95 Å². The van der Waals surface area contributed by atoms with E-state index in [1.807, 2.05) is 35.4 Å². The van der Waals surface area contributed by atoms with E-state index in [4.69, 9.17) is 9.72 Å². The SMILES string of the molecule is c1cn2cc(-c3c[nH]c4nc(NC5CCC6(CC5)COC6)ncc34)cnc2n1. The van der Waals surface area contributed by atoms with Gasteiger partial charge in [0.2, 0.25) is 11.7 Å². The molecule has 0 bridgehead atoms. The molecule has 1 saturated carbocycles. The monoisotopic (exact) mass is 375 g/mol. The Bertz CT molecular complexity index is 1150. The van der Waals surface area contributed by atoms with E-state index in [9.17, 15) is 0 Å². The number of aromatic nitrogens is 6. The van der Waals surface area contributed by atoms with Crippen molar-refractivity contribution in [2.75, 3.05) is 18.5 Å². The van der Waals surface area contributed by atoms with Gasteiger partial charge >= 0.3 is 0 Å². The number of anilines is 1. The second kappa shape index (κ2) is 6.00. The van der Waals surface area contributed by atoms with E-state index in [0.29, 0.717) is 23.2 Å². The van der Waals surface area contributed by atoms with Gasteiger partial charge in [-0.05, 0) is 25.7 Å². The maximum Gasteiger partial charge on any atom is 0.233 e. The predicted octanol–water partition coefficient (Wildman–Crippen LogP) is 3.04. The van der Waals surface area contributed by atoms with Crippen LogP contribution in [-0.4, -0.2) is 48.6 Å². The van der Waals surface area contributed by atoms with Gasteiger partial charge in [-0.15, -0.1) is 0 Å². The summed E-state index contributed by atoms with van der Waals surface area (Å²) in [6.45, 7) is 1.88. The van der Waals surface area contributed by atoms with Crippen molar-refractivity contribution in [1.29, 1.82) is 0 Å². The minimum Gasteiger partial charge on any atom is -0.380 e. The Balaban J connectivity index is 1.24. The van der Waals surface area contributed by atoms with Gasteiger partial charge in [0.15, 0.2) is 0 Å². The van der Waals surface area contributed by atoms with Crippen LogP contribution in [0.3, 0.4) is 0 Å². The number of H-pyrrole nitrogens is 1. The summed E-state index contributed by atoms with van der Waals surface area (Å²) in [4.78, 5) is 21.1. The molecule has 5 heterocycles. The fraction of sp³-hybridized carbons (Fsp3) is 0.400. The lowest BCUT2D eigenvalue weighted by molar-refractivity contribution is -0.131. The molecule has 0 unspecified atom stereocenters. The fourth-order valence-electron chi connectivity index (χ4n) is 4.41. The van der Waals surface area contributed by atoms with E-state index in [2.05, 4.69) is 25.3 Å². The van der Waals surface area contributed by atoms with Crippen molar-refractivity contribution in [3.05, 3.63) is 37.2 Å². The zero-order valence-electron chi connectivity index (χ0n) is 15.4. The van der Waals surface area contributed by atoms with Crippen molar-refractivity contribution in [1.82, 2.24) is 29.3 Å². The van der Waals surface area contributed by atoms with Crippen LogP contribution >= 0.6 is 0 Å². The molecule has 0 aromatic carbocycles. The Hall–Kier alpha value is -3.00. The number of rotatable bonds is 3. The highest BCUT2D eigenvalue weighted by Crippen LogP contribution is 2.42. The van der Waals surface area contributed by atoms with E-state index in [0.717, 1.165) is 48.2 Å². The van der Waals surface area contributed by atoms with Crippen molar-refractivity contribution in [3.63, 3.8) is 0 Å². The largest absolute Gasteiger partial charge is 0.380 e. The van der Waals surface area contributed by atoms with E-state index >= 15 is 0 Å². The van der Waals surface area contributed by atoms with E-state index in [1.54, 1.807) is 6.20 Å². The topological polar surface area (TPSA) is 93.0 Å². The van der Waals surface area contributed by atoms with E-state index < -0.39 is 0 Å². The van der Waals surface area contributed by atoms with Crippen molar-refractivity contribution in [3.8, 4) is 11.1 Å². The standard InChI is InChI=1S/C20H21N7O/c1-3-20(11-28-12-20)4-2-14(1)25-18-23-9-16-15(8-22-17(16)26-18)13-7-24-19-21-5-6-27(19)10-13/h5-10,14H,1-4,11-12H2,(H2,22,23,25,26). The molecule has 1 aliphatic heterocycles. The third-order valence-corrected chi connectivity index (χ3v) is 6.18. The van der Waals surface area contributed by atoms with Crippen LogP contribution in [0.2, 0.25) is 0 Å². The summed E-state index contributed by atoms with van der Waals surface area (Å²) in [5.74, 6) is 1.38. The molecule has 6 rings (SSSR count). The summed E-state index contributed by atoms with van der Waals surface area (Å²) in [7, 11) is 0. The number of hydrogen-bond donors (Lipinski definition) is 2. The maximum atomic E-state index is 5.42. The maximum absolute atomic E-state index is 5.42. The molecule has 0 amide bonds. The lowest BCUT2D eigenvalue weighted by Crippen LogP contribution is -2.47. The number of nitrogens with one attached hydrogen (secondary N) is 2. The average molecular weight is 375 g/mol. The summed E-state index contributed by atoms with van der Waals surface area (Å²) in [5, 5.41) is 4.51. The van der Waals surface area contributed by atoms with E-state index in [-0.39, 0.29) is 0 Å². The molecule has 1 spiro atoms. The zero-order chi connectivity index (χ0) is 18.6. The molecule has 1 aliphatic carbocycles. The van der Waals surface area contributed by atoms with Crippen LogP contribution < -0.4 is 5.32 Å². The van der Waals surface area contributed by atoms with Crippen LogP contribution in [0.25, 0.3) is 27.9 Å². The van der Waals surface area contributed by atoms with Gasteiger partial charge < -0.3 is 15.0 Å². The summed E-state index contributed by atoms with van der Waals surface area (Å²) < 4.78 is 7.33. The smallest absolute Gasteiger partial charge is 0.233 e. The molecular weight excluding hydrogens is 354 g/mol. The minimum absolute atomic E-state index is 0.436. The van der Waals surface area contributed by atoms with Crippen molar-refractivity contribution in [2.45, 2.75) is 31.7 Å². The summed E-state index contributed by atoms with van der Waals surface area (Å²) in [6, 6.07) is 0.436. The third kappa shape index (κ3) is 2.56. The predicted molar refractivity (Wildman–Crippen MR) is 105 cm³/mol. The molecular formula is C20H21N7O. The van der Waals surface area contributed by atoms with Gasteiger partial charge in [0.05, 0.1) is 13.2 Å². The molecule has 4 aromatic rings. The molecule has 28 heavy (non-hydrogen) atoms. The number of aromatic amines is 1. The first kappa shape index (κ1) is 16.0. The third-order valence-electron chi connectivity index (χ3n) is 6.18. The molecule has 2 aliphatic rings. The highest BCUT2D eigenvalue weighted by atomic mass is 16.5. The summed E-state index contributed by atoms with van der Waals surface area (Å²) in [6.07, 6.45) is 16.1. The Labute approximate surface area is 161 Å². The Morgan fingerprint density at radius 1 is 1.14 bits per heavy atom. The van der Waals surface area contributed by atoms with Gasteiger partial charge in [-0.25, -0.2) is 15.0 Å². The molecule has 8 nitrogen and oxygen atoms in total. The highest BCUT2D eigenvalue weighted by Gasteiger charge is 2.41. The Kier molecular flexibility index (Phi) is 3.43. The Morgan fingerprint density at radius 3 is 2.86 bits per heavy atom. The first-order chi connectivity index (χ1) is 13.8. The molecule has 8 heteroatoms. The van der Waals surface area contributed by atoms with Gasteiger partial charge in [-0.1, -0.05) is 0 Å². The fourth-order valence-corrected chi connectivity index (χ4v) is 4.41. The van der Waals surface area contributed by atoms with Gasteiger partial charge in [-0.2, -0.15) is 4.98 Å². The van der Waals surface area contributed by atoms with Gasteiger partial charge in [-0.3, -0.25) is 4.40 Å². The number of hydrogen-bond acceptors (Lipinski definition) is 6. The number of ether oxygens (including phenoxy) is 1. The first-order valence-electron chi connectivity index (χ1n) is 9.76. The average Bonchev–Trinajstić information content (AvgIpc) is 3.33. The summed E-state index contributed by atoms with van der Waals surface area (Å²) >= 11 is 0. The molecule has 2 N–H and O–H groups in total. The lowest BCUT2D eigenvalue weighted by Gasteiger charge is -2.46. The highest BCUT2D eigenvalue weighted by molar-refractivity contribution is 5.93. The molecule has 142 valence electrons. The number of imidazole rings is 1. The zero-order valence-corrected chi connectivity index (χ0v) is 15.4. The second-order valence-electron chi connectivity index (χ2n) is 8.05. The lowest BCUT2D eigenvalue weighted by atomic mass is 9.71. The van der Waals surface area contributed by atoms with Crippen LogP contribution in [-0.2, 0) is 4.74 Å². The number of fused-ring (bicyclic) bond motifs is 2. The van der Waals surface area contributed by atoms with Crippen LogP contribution in [0, 0.1) is 5.41 Å². The van der Waals surface area contributed by atoms with Crippen LogP contribution in [0.1, 0.15) is 25.7 Å². The normalized spacial score (nSPS) is 19.3. The molecule has 4 aromatic heterocycles. The van der Waals surface area contributed by atoms with Crippen molar-refractivity contribution >= 4 is 22.8 Å². The second-order valence-corrected chi connectivity index (χ2v) is 8.05. The van der Waals surface area contributed by atoms with Crippen molar-refractivity contribution in [2.24, 2.45) is 5.41 Å². The van der Waals surface area contributed by atoms with Crippen LogP contribution in [0.5, 0.6) is 0 Å².